The Hall–Kier alpha value is -1.63. The molecule has 0 bridgehead atoms. The van der Waals surface area contributed by atoms with E-state index in [2.05, 4.69) is 37.3 Å². The summed E-state index contributed by atoms with van der Waals surface area (Å²) in [6.07, 6.45) is 2.45. The van der Waals surface area contributed by atoms with Crippen molar-refractivity contribution in [3.63, 3.8) is 0 Å². The van der Waals surface area contributed by atoms with Crippen LogP contribution in [-0.2, 0) is 6.42 Å². The van der Waals surface area contributed by atoms with E-state index in [4.69, 9.17) is 0 Å². The fourth-order valence-electron chi connectivity index (χ4n) is 1.47. The van der Waals surface area contributed by atoms with Crippen molar-refractivity contribution in [3.05, 3.63) is 71.5 Å². The van der Waals surface area contributed by atoms with Gasteiger partial charge in [0.05, 0.1) is 0 Å². The molecule has 0 amide bonds. The van der Waals surface area contributed by atoms with Gasteiger partial charge in [0.15, 0.2) is 0 Å². The lowest BCUT2D eigenvalue weighted by Gasteiger charge is -1.93. The molecule has 2 aromatic rings. The number of hydrogen-bond acceptors (Lipinski definition) is 0. The van der Waals surface area contributed by atoms with Crippen molar-refractivity contribution in [1.29, 1.82) is 0 Å². The van der Waals surface area contributed by atoms with Gasteiger partial charge in [0, 0.05) is 0 Å². The average molecular weight is 290 g/mol. The van der Waals surface area contributed by atoms with E-state index in [1.165, 1.54) is 30.5 Å². The molecule has 0 radical (unpaired) electrons. The molecule has 0 atom stereocenters. The summed E-state index contributed by atoms with van der Waals surface area (Å²) in [4.78, 5) is 0. The van der Waals surface area contributed by atoms with Crippen LogP contribution < -0.4 is 0 Å². The first-order valence-corrected chi connectivity index (χ1v) is 7.98. The predicted octanol–water partition coefficient (Wildman–Crippen LogP) is 6.83. The maximum Gasteiger partial charge on any atom is 0.123 e. The van der Waals surface area contributed by atoms with Crippen molar-refractivity contribution in [3.8, 4) is 0 Å². The van der Waals surface area contributed by atoms with Crippen LogP contribution in [0.4, 0.5) is 4.39 Å². The van der Waals surface area contributed by atoms with Crippen molar-refractivity contribution >= 4 is 0 Å². The van der Waals surface area contributed by atoms with Crippen LogP contribution in [0.5, 0.6) is 0 Å². The molecular formula is C20H31F. The second-order valence-corrected chi connectivity index (χ2v) is 4.03. The highest BCUT2D eigenvalue weighted by atomic mass is 19.1. The van der Waals surface area contributed by atoms with Gasteiger partial charge in [0.1, 0.15) is 5.82 Å². The van der Waals surface area contributed by atoms with E-state index >= 15 is 0 Å². The van der Waals surface area contributed by atoms with Crippen molar-refractivity contribution in [1.82, 2.24) is 0 Å². The van der Waals surface area contributed by atoms with Crippen molar-refractivity contribution < 1.29 is 4.39 Å². The molecule has 1 heteroatoms. The second-order valence-electron chi connectivity index (χ2n) is 4.03. The minimum absolute atomic E-state index is 0.171. The van der Waals surface area contributed by atoms with Crippen LogP contribution in [-0.4, -0.2) is 0 Å². The molecule has 0 fully saturated rings. The zero-order chi connectivity index (χ0) is 16.5. The SMILES string of the molecule is CC.CC.CCCc1ccccc1.Cc1ccc(F)cc1. The van der Waals surface area contributed by atoms with Crippen LogP contribution in [0.2, 0.25) is 0 Å². The maximum absolute atomic E-state index is 12.1. The first-order valence-electron chi connectivity index (χ1n) is 7.98. The number of hydrogen-bond donors (Lipinski definition) is 0. The van der Waals surface area contributed by atoms with E-state index < -0.39 is 0 Å². The summed E-state index contributed by atoms with van der Waals surface area (Å²) in [7, 11) is 0. The molecule has 0 saturated carbocycles. The lowest BCUT2D eigenvalue weighted by Crippen LogP contribution is -1.78. The Bertz CT molecular complexity index is 383. The molecular weight excluding hydrogens is 259 g/mol. The van der Waals surface area contributed by atoms with E-state index in [9.17, 15) is 4.39 Å². The molecule has 2 aromatic carbocycles. The molecule has 0 N–H and O–H groups in total. The Kier molecular flexibility index (Phi) is 16.9. The average Bonchev–Trinajstić information content (AvgIpc) is 2.56. The van der Waals surface area contributed by atoms with Crippen molar-refractivity contribution in [2.75, 3.05) is 0 Å². The highest BCUT2D eigenvalue weighted by molar-refractivity contribution is 5.14. The van der Waals surface area contributed by atoms with E-state index in [0.717, 1.165) is 5.56 Å². The fourth-order valence-corrected chi connectivity index (χ4v) is 1.47. The van der Waals surface area contributed by atoms with Crippen molar-refractivity contribution in [2.24, 2.45) is 0 Å². The molecule has 0 aliphatic heterocycles. The van der Waals surface area contributed by atoms with Crippen LogP contribution in [0.3, 0.4) is 0 Å². The molecule has 0 spiro atoms. The molecule has 0 aliphatic carbocycles. The molecule has 0 nitrogen and oxygen atoms in total. The van der Waals surface area contributed by atoms with Gasteiger partial charge in [-0.3, -0.25) is 0 Å². The van der Waals surface area contributed by atoms with Crippen LogP contribution in [0.1, 0.15) is 52.2 Å². The Morgan fingerprint density at radius 3 is 1.62 bits per heavy atom. The van der Waals surface area contributed by atoms with Gasteiger partial charge < -0.3 is 0 Å². The second kappa shape index (κ2) is 16.4. The minimum atomic E-state index is -0.171. The Morgan fingerprint density at radius 1 is 0.762 bits per heavy atom. The summed E-state index contributed by atoms with van der Waals surface area (Å²) in [6.45, 7) is 12.1. The smallest absolute Gasteiger partial charge is 0.123 e. The third kappa shape index (κ3) is 13.1. The molecule has 2 rings (SSSR count). The minimum Gasteiger partial charge on any atom is -0.207 e. The summed E-state index contributed by atoms with van der Waals surface area (Å²) in [5.41, 5.74) is 2.53. The molecule has 0 aliphatic rings. The number of rotatable bonds is 2. The number of halogens is 1. The van der Waals surface area contributed by atoms with E-state index in [1.54, 1.807) is 12.1 Å². The number of benzene rings is 2. The van der Waals surface area contributed by atoms with Crippen LogP contribution in [0, 0.1) is 12.7 Å². The van der Waals surface area contributed by atoms with Gasteiger partial charge in [0.25, 0.3) is 0 Å². The van der Waals surface area contributed by atoms with Gasteiger partial charge >= 0.3 is 0 Å². The zero-order valence-corrected chi connectivity index (χ0v) is 14.5. The first-order chi connectivity index (χ1) is 10.2. The summed E-state index contributed by atoms with van der Waals surface area (Å²) >= 11 is 0. The molecule has 0 heterocycles. The topological polar surface area (TPSA) is 0 Å². The summed E-state index contributed by atoms with van der Waals surface area (Å²) < 4.78 is 12.1. The van der Waals surface area contributed by atoms with Gasteiger partial charge in [-0.2, -0.15) is 0 Å². The Morgan fingerprint density at radius 2 is 1.24 bits per heavy atom. The van der Waals surface area contributed by atoms with Gasteiger partial charge in [-0.25, -0.2) is 4.39 Å². The quantitative estimate of drug-likeness (QED) is 0.569. The highest BCUT2D eigenvalue weighted by Crippen LogP contribution is 2.00. The first kappa shape index (κ1) is 21.7. The molecule has 118 valence electrons. The molecule has 0 unspecified atom stereocenters. The molecule has 21 heavy (non-hydrogen) atoms. The largest absolute Gasteiger partial charge is 0.207 e. The third-order valence-electron chi connectivity index (χ3n) is 2.39. The predicted molar refractivity (Wildman–Crippen MR) is 94.3 cm³/mol. The fraction of sp³-hybridized carbons (Fsp3) is 0.400. The zero-order valence-electron chi connectivity index (χ0n) is 14.5. The maximum atomic E-state index is 12.1. The van der Waals surface area contributed by atoms with Crippen LogP contribution in [0.25, 0.3) is 0 Å². The van der Waals surface area contributed by atoms with Gasteiger partial charge in [-0.15, -0.1) is 0 Å². The van der Waals surface area contributed by atoms with Gasteiger partial charge in [0.2, 0.25) is 0 Å². The molecule has 0 saturated heterocycles. The third-order valence-corrected chi connectivity index (χ3v) is 2.39. The summed E-state index contributed by atoms with van der Waals surface area (Å²) in [5.74, 6) is -0.171. The monoisotopic (exact) mass is 290 g/mol. The standard InChI is InChI=1S/C9H12.C7H7F.2C2H6/c1-2-6-9-7-4-3-5-8-9;1-6-2-4-7(8)5-3-6;2*1-2/h3-5,7-8H,2,6H2,1H3;2-5H,1H3;2*1-2H3. The van der Waals surface area contributed by atoms with Crippen LogP contribution in [0.15, 0.2) is 54.6 Å². The number of aryl methyl sites for hydroxylation is 2. The van der Waals surface area contributed by atoms with Crippen LogP contribution >= 0.6 is 0 Å². The lowest BCUT2D eigenvalue weighted by molar-refractivity contribution is 0.627. The van der Waals surface area contributed by atoms with Crippen molar-refractivity contribution in [2.45, 2.75) is 54.4 Å². The van der Waals surface area contributed by atoms with E-state index in [-0.39, 0.29) is 5.82 Å². The summed E-state index contributed by atoms with van der Waals surface area (Å²) in [6, 6.07) is 17.0. The molecule has 0 aromatic heterocycles. The Labute approximate surface area is 131 Å². The summed E-state index contributed by atoms with van der Waals surface area (Å²) in [5, 5.41) is 0. The lowest BCUT2D eigenvalue weighted by atomic mass is 10.1. The van der Waals surface area contributed by atoms with Gasteiger partial charge in [-0.05, 0) is 31.0 Å². The van der Waals surface area contributed by atoms with E-state index in [0.29, 0.717) is 0 Å². The van der Waals surface area contributed by atoms with Gasteiger partial charge in [-0.1, -0.05) is 89.1 Å². The normalized spacial score (nSPS) is 8.14. The van der Waals surface area contributed by atoms with E-state index in [1.807, 2.05) is 34.6 Å². The Balaban J connectivity index is 0. The highest BCUT2D eigenvalue weighted by Gasteiger charge is 1.84.